The highest BCUT2D eigenvalue weighted by Crippen LogP contribution is 2.20. The molecule has 2 aliphatic rings. The summed E-state index contributed by atoms with van der Waals surface area (Å²) in [6, 6.07) is 7.92. The zero-order chi connectivity index (χ0) is 21.7. The lowest BCUT2D eigenvalue weighted by atomic mass is 9.98. The minimum Gasteiger partial charge on any atom is -0.378 e. The number of likely N-dealkylation sites (tertiary alicyclic amines) is 1. The van der Waals surface area contributed by atoms with Crippen molar-refractivity contribution in [3.05, 3.63) is 29.8 Å². The Morgan fingerprint density at radius 2 is 1.94 bits per heavy atom. The monoisotopic (exact) mass is 429 g/mol. The van der Waals surface area contributed by atoms with Crippen LogP contribution >= 0.6 is 0 Å². The SMILES string of the molecule is CCNC(=NCc1cccc(NC(=O)N2CCCC2)c1)NCCCOC1CCCCC1. The lowest BCUT2D eigenvalue weighted by Gasteiger charge is -2.22. The van der Waals surface area contributed by atoms with Gasteiger partial charge in [0.25, 0.3) is 0 Å². The molecule has 1 aromatic rings. The van der Waals surface area contributed by atoms with Gasteiger partial charge in [-0.05, 0) is 56.7 Å². The number of amides is 2. The van der Waals surface area contributed by atoms with E-state index in [1.165, 1.54) is 32.1 Å². The van der Waals surface area contributed by atoms with Crippen molar-refractivity contribution in [2.75, 3.05) is 38.1 Å². The molecule has 0 atom stereocenters. The topological polar surface area (TPSA) is 78.0 Å². The molecule has 1 saturated carbocycles. The molecule has 7 nitrogen and oxygen atoms in total. The van der Waals surface area contributed by atoms with E-state index in [2.05, 4.69) is 22.9 Å². The van der Waals surface area contributed by atoms with E-state index >= 15 is 0 Å². The fourth-order valence-electron chi connectivity index (χ4n) is 4.14. The van der Waals surface area contributed by atoms with Crippen LogP contribution in [0.2, 0.25) is 0 Å². The molecular formula is C24H39N5O2. The van der Waals surface area contributed by atoms with Crippen molar-refractivity contribution >= 4 is 17.7 Å². The fraction of sp³-hybridized carbons (Fsp3) is 0.667. The van der Waals surface area contributed by atoms with Gasteiger partial charge in [-0.15, -0.1) is 0 Å². The average Bonchev–Trinajstić information content (AvgIpc) is 3.33. The number of guanidine groups is 1. The highest BCUT2D eigenvalue weighted by atomic mass is 16.5. The molecule has 0 aromatic heterocycles. The van der Waals surface area contributed by atoms with Crippen molar-refractivity contribution in [2.45, 2.75) is 70.9 Å². The van der Waals surface area contributed by atoms with Gasteiger partial charge in [0, 0.05) is 38.5 Å². The van der Waals surface area contributed by atoms with Gasteiger partial charge in [0.2, 0.25) is 0 Å². The molecule has 1 aliphatic heterocycles. The fourth-order valence-corrected chi connectivity index (χ4v) is 4.14. The van der Waals surface area contributed by atoms with E-state index < -0.39 is 0 Å². The van der Waals surface area contributed by atoms with E-state index in [-0.39, 0.29) is 6.03 Å². The summed E-state index contributed by atoms with van der Waals surface area (Å²) in [7, 11) is 0. The summed E-state index contributed by atoms with van der Waals surface area (Å²) < 4.78 is 6.00. The third-order valence-corrected chi connectivity index (χ3v) is 5.85. The molecule has 1 heterocycles. The summed E-state index contributed by atoms with van der Waals surface area (Å²) >= 11 is 0. The Morgan fingerprint density at radius 3 is 2.71 bits per heavy atom. The van der Waals surface area contributed by atoms with E-state index in [0.717, 1.165) is 69.3 Å². The molecule has 1 saturated heterocycles. The first-order valence-corrected chi connectivity index (χ1v) is 12.0. The molecule has 0 spiro atoms. The molecule has 3 N–H and O–H groups in total. The van der Waals surface area contributed by atoms with Crippen LogP contribution in [0.4, 0.5) is 10.5 Å². The Balaban J connectivity index is 1.41. The van der Waals surface area contributed by atoms with Gasteiger partial charge < -0.3 is 25.6 Å². The number of ether oxygens (including phenoxy) is 1. The van der Waals surface area contributed by atoms with Gasteiger partial charge >= 0.3 is 6.03 Å². The second-order valence-electron chi connectivity index (χ2n) is 8.43. The molecule has 1 aromatic carbocycles. The predicted molar refractivity (Wildman–Crippen MR) is 127 cm³/mol. The second-order valence-corrected chi connectivity index (χ2v) is 8.43. The Labute approximate surface area is 187 Å². The van der Waals surface area contributed by atoms with E-state index in [9.17, 15) is 4.79 Å². The number of anilines is 1. The predicted octanol–water partition coefficient (Wildman–Crippen LogP) is 4.11. The normalized spacial score (nSPS) is 17.6. The lowest BCUT2D eigenvalue weighted by Crippen LogP contribution is -2.38. The first-order chi connectivity index (χ1) is 15.2. The quantitative estimate of drug-likeness (QED) is 0.314. The summed E-state index contributed by atoms with van der Waals surface area (Å²) in [5.74, 6) is 0.812. The van der Waals surface area contributed by atoms with Gasteiger partial charge in [-0.1, -0.05) is 31.4 Å². The molecule has 172 valence electrons. The Bertz CT molecular complexity index is 697. The van der Waals surface area contributed by atoms with Crippen LogP contribution in [0.5, 0.6) is 0 Å². The minimum atomic E-state index is -0.0106. The number of aliphatic imine (C=N–C) groups is 1. The molecule has 0 unspecified atom stereocenters. The maximum Gasteiger partial charge on any atom is 0.321 e. The minimum absolute atomic E-state index is 0.0106. The first kappa shape index (κ1) is 23.4. The molecular weight excluding hydrogens is 390 g/mol. The van der Waals surface area contributed by atoms with Crippen LogP contribution in [0.1, 0.15) is 63.9 Å². The highest BCUT2D eigenvalue weighted by molar-refractivity contribution is 5.89. The number of benzene rings is 1. The maximum absolute atomic E-state index is 12.3. The van der Waals surface area contributed by atoms with Crippen LogP contribution in [0.25, 0.3) is 0 Å². The van der Waals surface area contributed by atoms with Crippen molar-refractivity contribution < 1.29 is 9.53 Å². The summed E-state index contributed by atoms with van der Waals surface area (Å²) in [6.07, 6.45) is 10.0. The van der Waals surface area contributed by atoms with Crippen LogP contribution in [-0.4, -0.2) is 55.8 Å². The van der Waals surface area contributed by atoms with E-state index in [0.29, 0.717) is 12.6 Å². The summed E-state index contributed by atoms with van der Waals surface area (Å²) in [4.78, 5) is 18.9. The molecule has 0 bridgehead atoms. The van der Waals surface area contributed by atoms with Gasteiger partial charge in [0.1, 0.15) is 0 Å². The average molecular weight is 430 g/mol. The van der Waals surface area contributed by atoms with Crippen LogP contribution in [0.15, 0.2) is 29.3 Å². The highest BCUT2D eigenvalue weighted by Gasteiger charge is 2.17. The van der Waals surface area contributed by atoms with Crippen molar-refractivity contribution in [1.82, 2.24) is 15.5 Å². The summed E-state index contributed by atoms with van der Waals surface area (Å²) in [5.41, 5.74) is 1.89. The van der Waals surface area contributed by atoms with Crippen molar-refractivity contribution in [1.29, 1.82) is 0 Å². The Morgan fingerprint density at radius 1 is 1.13 bits per heavy atom. The summed E-state index contributed by atoms with van der Waals surface area (Å²) in [5, 5.41) is 9.70. The Kier molecular flexibility index (Phi) is 9.96. The van der Waals surface area contributed by atoms with E-state index in [1.807, 2.05) is 29.2 Å². The van der Waals surface area contributed by atoms with Gasteiger partial charge in [0.05, 0.1) is 12.6 Å². The number of nitrogens with one attached hydrogen (secondary N) is 3. The van der Waals surface area contributed by atoms with Crippen LogP contribution < -0.4 is 16.0 Å². The lowest BCUT2D eigenvalue weighted by molar-refractivity contribution is 0.0277. The standard InChI is InChI=1S/C24H39N5O2/c1-2-25-23(26-14-9-17-31-22-12-4-3-5-13-22)27-19-20-10-8-11-21(18-20)28-24(30)29-15-6-7-16-29/h8,10-11,18,22H,2-7,9,12-17,19H2,1H3,(H,28,30)(H2,25,26,27). The number of carbonyl (C=O) groups is 1. The van der Waals surface area contributed by atoms with Crippen LogP contribution in [-0.2, 0) is 11.3 Å². The number of nitrogens with zero attached hydrogens (tertiary/aromatic N) is 2. The molecule has 1 aliphatic carbocycles. The third kappa shape index (κ3) is 8.40. The number of rotatable bonds is 9. The largest absolute Gasteiger partial charge is 0.378 e. The third-order valence-electron chi connectivity index (χ3n) is 5.85. The van der Waals surface area contributed by atoms with Gasteiger partial charge in [-0.2, -0.15) is 0 Å². The van der Waals surface area contributed by atoms with E-state index in [1.54, 1.807) is 0 Å². The van der Waals surface area contributed by atoms with Crippen molar-refractivity contribution in [2.24, 2.45) is 4.99 Å². The first-order valence-electron chi connectivity index (χ1n) is 12.0. The van der Waals surface area contributed by atoms with Crippen molar-refractivity contribution in [3.63, 3.8) is 0 Å². The molecule has 2 fully saturated rings. The molecule has 7 heteroatoms. The number of hydrogen-bond donors (Lipinski definition) is 3. The number of carbonyl (C=O) groups excluding carboxylic acids is 1. The maximum atomic E-state index is 12.3. The molecule has 2 amide bonds. The smallest absolute Gasteiger partial charge is 0.321 e. The van der Waals surface area contributed by atoms with Gasteiger partial charge in [-0.3, -0.25) is 0 Å². The second kappa shape index (κ2) is 13.2. The number of hydrogen-bond acceptors (Lipinski definition) is 3. The zero-order valence-corrected chi connectivity index (χ0v) is 19.0. The van der Waals surface area contributed by atoms with E-state index in [4.69, 9.17) is 9.73 Å². The molecule has 31 heavy (non-hydrogen) atoms. The summed E-state index contributed by atoms with van der Waals surface area (Å²) in [6.45, 7) is 6.77. The van der Waals surface area contributed by atoms with Crippen LogP contribution in [0, 0.1) is 0 Å². The van der Waals surface area contributed by atoms with Gasteiger partial charge in [-0.25, -0.2) is 9.79 Å². The van der Waals surface area contributed by atoms with Crippen molar-refractivity contribution in [3.8, 4) is 0 Å². The van der Waals surface area contributed by atoms with Gasteiger partial charge in [0.15, 0.2) is 5.96 Å². The molecule has 3 rings (SSSR count). The Hall–Kier alpha value is -2.28. The zero-order valence-electron chi connectivity index (χ0n) is 19.0. The number of urea groups is 1. The molecule has 0 radical (unpaired) electrons. The van der Waals surface area contributed by atoms with Crippen LogP contribution in [0.3, 0.4) is 0 Å².